The second-order valence-electron chi connectivity index (χ2n) is 7.64. The fourth-order valence-corrected chi connectivity index (χ4v) is 3.67. The van der Waals surface area contributed by atoms with E-state index in [1.165, 1.54) is 23.2 Å². The van der Waals surface area contributed by atoms with Crippen LogP contribution in [0.4, 0.5) is 5.69 Å². The molecule has 4 heteroatoms. The van der Waals surface area contributed by atoms with Gasteiger partial charge < -0.3 is 10.1 Å². The molecular weight excluding hydrogens is 334 g/mol. The van der Waals surface area contributed by atoms with Gasteiger partial charge in [-0.05, 0) is 49.3 Å². The van der Waals surface area contributed by atoms with E-state index in [4.69, 9.17) is 4.74 Å². The van der Waals surface area contributed by atoms with Gasteiger partial charge >= 0.3 is 0 Å². The van der Waals surface area contributed by atoms with E-state index in [9.17, 15) is 0 Å². The second kappa shape index (κ2) is 9.29. The Morgan fingerprint density at radius 3 is 2.63 bits per heavy atom. The first-order valence-electron chi connectivity index (χ1n) is 10.7. The SMILES string of the molecule is CC.CC.CCC1COc2ccc(-c3n[nH]c4c3CCC(C)(C)C4)cc2N1. The van der Waals surface area contributed by atoms with Gasteiger partial charge in [-0.2, -0.15) is 5.10 Å². The van der Waals surface area contributed by atoms with Crippen molar-refractivity contribution in [2.45, 2.75) is 80.2 Å². The van der Waals surface area contributed by atoms with Crippen molar-refractivity contribution in [3.05, 3.63) is 29.5 Å². The van der Waals surface area contributed by atoms with E-state index >= 15 is 0 Å². The molecule has 1 unspecified atom stereocenters. The Balaban J connectivity index is 0.000000614. The number of fused-ring (bicyclic) bond motifs is 2. The van der Waals surface area contributed by atoms with Crippen LogP contribution in [0.3, 0.4) is 0 Å². The van der Waals surface area contributed by atoms with Crippen LogP contribution in [0.15, 0.2) is 18.2 Å². The molecular formula is C23H37N3O. The number of aromatic amines is 1. The zero-order valence-corrected chi connectivity index (χ0v) is 18.2. The predicted molar refractivity (Wildman–Crippen MR) is 116 cm³/mol. The summed E-state index contributed by atoms with van der Waals surface area (Å²) in [6.07, 6.45) is 4.47. The maximum absolute atomic E-state index is 5.85. The van der Waals surface area contributed by atoms with Crippen LogP contribution in [0.5, 0.6) is 5.75 Å². The third-order valence-electron chi connectivity index (χ3n) is 5.21. The normalized spacial score (nSPS) is 19.0. The maximum atomic E-state index is 5.85. The molecule has 0 saturated heterocycles. The number of aromatic nitrogens is 2. The van der Waals surface area contributed by atoms with Gasteiger partial charge in [0, 0.05) is 16.8 Å². The van der Waals surface area contributed by atoms with Crippen molar-refractivity contribution in [2.24, 2.45) is 5.41 Å². The highest BCUT2D eigenvalue weighted by Crippen LogP contribution is 2.39. The van der Waals surface area contributed by atoms with Gasteiger partial charge in [0.05, 0.1) is 17.4 Å². The Labute approximate surface area is 165 Å². The van der Waals surface area contributed by atoms with Crippen molar-refractivity contribution in [1.82, 2.24) is 10.2 Å². The smallest absolute Gasteiger partial charge is 0.142 e. The van der Waals surface area contributed by atoms with Crippen LogP contribution in [0.1, 0.15) is 72.6 Å². The van der Waals surface area contributed by atoms with Gasteiger partial charge in [-0.15, -0.1) is 0 Å². The monoisotopic (exact) mass is 371 g/mol. The van der Waals surface area contributed by atoms with Crippen LogP contribution in [-0.4, -0.2) is 22.8 Å². The zero-order chi connectivity index (χ0) is 20.0. The molecule has 1 aromatic carbocycles. The highest BCUT2D eigenvalue weighted by molar-refractivity contribution is 5.73. The lowest BCUT2D eigenvalue weighted by Crippen LogP contribution is -2.30. The summed E-state index contributed by atoms with van der Waals surface area (Å²) >= 11 is 0. The zero-order valence-electron chi connectivity index (χ0n) is 18.2. The molecule has 2 heterocycles. The highest BCUT2D eigenvalue weighted by atomic mass is 16.5. The third kappa shape index (κ3) is 4.66. The summed E-state index contributed by atoms with van der Waals surface area (Å²) in [5, 5.41) is 11.5. The first kappa shape index (κ1) is 21.3. The van der Waals surface area contributed by atoms with Gasteiger partial charge in [-0.1, -0.05) is 48.5 Å². The van der Waals surface area contributed by atoms with Crippen molar-refractivity contribution in [3.8, 4) is 17.0 Å². The summed E-state index contributed by atoms with van der Waals surface area (Å²) in [5.74, 6) is 0.948. The molecule has 150 valence electrons. The van der Waals surface area contributed by atoms with Gasteiger partial charge in [-0.3, -0.25) is 5.10 Å². The summed E-state index contributed by atoms with van der Waals surface area (Å²) in [5.41, 5.74) is 6.45. The number of anilines is 1. The van der Waals surface area contributed by atoms with E-state index in [-0.39, 0.29) is 0 Å². The lowest BCUT2D eigenvalue weighted by Gasteiger charge is -2.29. The molecule has 1 aromatic heterocycles. The largest absolute Gasteiger partial charge is 0.489 e. The van der Waals surface area contributed by atoms with E-state index < -0.39 is 0 Å². The van der Waals surface area contributed by atoms with E-state index in [1.54, 1.807) is 0 Å². The van der Waals surface area contributed by atoms with Crippen molar-refractivity contribution >= 4 is 5.69 Å². The predicted octanol–water partition coefficient (Wildman–Crippen LogP) is 6.23. The number of hydrogen-bond donors (Lipinski definition) is 2. The quantitative estimate of drug-likeness (QED) is 0.658. The van der Waals surface area contributed by atoms with Gasteiger partial charge in [0.15, 0.2) is 0 Å². The molecule has 0 radical (unpaired) electrons. The Morgan fingerprint density at radius 1 is 1.19 bits per heavy atom. The minimum atomic E-state index is 0.371. The summed E-state index contributed by atoms with van der Waals surface area (Å²) in [4.78, 5) is 0. The molecule has 4 nitrogen and oxygen atoms in total. The number of hydrogen-bond acceptors (Lipinski definition) is 3. The van der Waals surface area contributed by atoms with Gasteiger partial charge in [-0.25, -0.2) is 0 Å². The molecule has 0 saturated carbocycles. The van der Waals surface area contributed by atoms with E-state index in [1.807, 2.05) is 27.7 Å². The van der Waals surface area contributed by atoms with Crippen LogP contribution in [0.25, 0.3) is 11.3 Å². The Hall–Kier alpha value is -1.97. The lowest BCUT2D eigenvalue weighted by atomic mass is 9.76. The van der Waals surface area contributed by atoms with E-state index in [0.29, 0.717) is 11.5 Å². The molecule has 2 aromatic rings. The van der Waals surface area contributed by atoms with Gasteiger partial charge in [0.1, 0.15) is 12.4 Å². The molecule has 0 fully saturated rings. The Bertz CT molecular complexity index is 733. The van der Waals surface area contributed by atoms with Gasteiger partial charge in [0.25, 0.3) is 0 Å². The first-order valence-corrected chi connectivity index (χ1v) is 10.7. The fraction of sp³-hybridized carbons (Fsp3) is 0.609. The molecule has 1 aliphatic heterocycles. The van der Waals surface area contributed by atoms with Crippen LogP contribution in [-0.2, 0) is 12.8 Å². The second-order valence-corrected chi connectivity index (χ2v) is 7.64. The average Bonchev–Trinajstić information content (AvgIpc) is 3.12. The van der Waals surface area contributed by atoms with Crippen molar-refractivity contribution < 1.29 is 4.74 Å². The van der Waals surface area contributed by atoms with Crippen LogP contribution < -0.4 is 10.1 Å². The number of H-pyrrole nitrogens is 1. The highest BCUT2D eigenvalue weighted by Gasteiger charge is 2.29. The van der Waals surface area contributed by atoms with Crippen LogP contribution >= 0.6 is 0 Å². The van der Waals surface area contributed by atoms with Crippen molar-refractivity contribution in [2.75, 3.05) is 11.9 Å². The average molecular weight is 372 g/mol. The molecule has 1 atom stereocenters. The Kier molecular flexibility index (Phi) is 7.34. The molecule has 0 spiro atoms. The summed E-state index contributed by atoms with van der Waals surface area (Å²) in [6.45, 7) is 15.6. The summed E-state index contributed by atoms with van der Waals surface area (Å²) in [7, 11) is 0. The van der Waals surface area contributed by atoms with Crippen molar-refractivity contribution in [1.29, 1.82) is 0 Å². The molecule has 0 amide bonds. The lowest BCUT2D eigenvalue weighted by molar-refractivity contribution is 0.281. The van der Waals surface area contributed by atoms with Crippen LogP contribution in [0.2, 0.25) is 0 Å². The standard InChI is InChI=1S/C19H25N3O.2C2H6/c1-4-13-11-23-17-6-5-12(9-15(17)20-13)18-14-7-8-19(2,3)10-16(14)21-22-18;2*1-2/h5-6,9,13,20H,4,7-8,10-11H2,1-3H3,(H,21,22);2*1-2H3. The van der Waals surface area contributed by atoms with Crippen LogP contribution in [0, 0.1) is 5.41 Å². The topological polar surface area (TPSA) is 49.9 Å². The number of ether oxygens (including phenoxy) is 1. The minimum Gasteiger partial charge on any atom is -0.489 e. The number of nitrogens with one attached hydrogen (secondary N) is 2. The summed E-state index contributed by atoms with van der Waals surface area (Å²) < 4.78 is 5.85. The molecule has 4 rings (SSSR count). The summed E-state index contributed by atoms with van der Waals surface area (Å²) in [6, 6.07) is 6.78. The van der Waals surface area contributed by atoms with Gasteiger partial charge in [0.2, 0.25) is 0 Å². The maximum Gasteiger partial charge on any atom is 0.142 e. The van der Waals surface area contributed by atoms with Crippen molar-refractivity contribution in [3.63, 3.8) is 0 Å². The first-order chi connectivity index (χ1) is 13.1. The minimum absolute atomic E-state index is 0.371. The third-order valence-corrected chi connectivity index (χ3v) is 5.21. The molecule has 1 aliphatic carbocycles. The van der Waals surface area contributed by atoms with E-state index in [2.05, 4.69) is 54.5 Å². The molecule has 27 heavy (non-hydrogen) atoms. The Morgan fingerprint density at radius 2 is 1.93 bits per heavy atom. The number of rotatable bonds is 2. The molecule has 0 bridgehead atoms. The molecule has 2 N–H and O–H groups in total. The number of nitrogens with zero attached hydrogens (tertiary/aromatic N) is 1. The van der Waals surface area contributed by atoms with E-state index in [0.717, 1.165) is 43.0 Å². The number of benzene rings is 1. The fourth-order valence-electron chi connectivity index (χ4n) is 3.67. The molecule has 2 aliphatic rings.